The zero-order chi connectivity index (χ0) is 22.1. The first-order valence-electron chi connectivity index (χ1n) is 7.44. The van der Waals surface area contributed by atoms with E-state index in [0.717, 1.165) is 24.3 Å². The average molecular weight is 418 g/mol. The van der Waals surface area contributed by atoms with E-state index in [1.807, 2.05) is 0 Å². The Balaban J connectivity index is 0.000000483. The van der Waals surface area contributed by atoms with Gasteiger partial charge in [0.2, 0.25) is 6.86 Å². The summed E-state index contributed by atoms with van der Waals surface area (Å²) >= 11 is 0. The molecule has 0 bridgehead atoms. The van der Waals surface area contributed by atoms with Crippen molar-refractivity contribution >= 4 is 0 Å². The van der Waals surface area contributed by atoms with Crippen LogP contribution in [0.15, 0.2) is 24.3 Å². The molecule has 0 N–H and O–H groups in total. The highest BCUT2D eigenvalue weighted by Crippen LogP contribution is 2.33. The Hall–Kier alpha value is -2.36. The summed E-state index contributed by atoms with van der Waals surface area (Å²) in [5.74, 6) is -5.05. The van der Waals surface area contributed by atoms with Gasteiger partial charge in [-0.1, -0.05) is 0 Å². The van der Waals surface area contributed by atoms with Gasteiger partial charge in [-0.25, -0.2) is 22.0 Å². The van der Waals surface area contributed by atoms with E-state index in [2.05, 4.69) is 9.47 Å². The highest BCUT2D eigenvalue weighted by Gasteiger charge is 2.38. The van der Waals surface area contributed by atoms with Gasteiger partial charge in [0.1, 0.15) is 17.2 Å². The first-order chi connectivity index (χ1) is 13.0. The second-order valence-corrected chi connectivity index (χ2v) is 5.14. The Morgan fingerprint density at radius 3 is 1.46 bits per heavy atom. The van der Waals surface area contributed by atoms with Crippen LogP contribution in [0.4, 0.5) is 35.1 Å². The van der Waals surface area contributed by atoms with Gasteiger partial charge in [-0.15, -0.1) is 0 Å². The van der Waals surface area contributed by atoms with E-state index in [9.17, 15) is 35.1 Å². The van der Waals surface area contributed by atoms with E-state index < -0.39 is 47.6 Å². The van der Waals surface area contributed by atoms with Crippen LogP contribution in [0, 0.1) is 37.1 Å². The predicted molar refractivity (Wildman–Crippen MR) is 86.7 cm³/mol. The molecule has 0 radical (unpaired) electrons. The lowest BCUT2D eigenvalue weighted by Crippen LogP contribution is -2.20. The number of hydrogen-bond donors (Lipinski definition) is 0. The number of rotatable bonds is 4. The molecule has 2 aromatic carbocycles. The number of hydrogen-bond acceptors (Lipinski definition) is 2. The Bertz CT molecular complexity index is 719. The van der Waals surface area contributed by atoms with Crippen LogP contribution >= 0.6 is 0 Å². The summed E-state index contributed by atoms with van der Waals surface area (Å²) in [5, 5.41) is 0. The fourth-order valence-corrected chi connectivity index (χ4v) is 1.96. The molecule has 2 rings (SSSR count). The minimum atomic E-state index is -3.94. The van der Waals surface area contributed by atoms with E-state index in [-0.39, 0.29) is 5.56 Å². The average Bonchev–Trinajstić information content (AvgIpc) is 2.59. The molecule has 0 saturated carbocycles. The molecule has 0 aliphatic carbocycles. The topological polar surface area (TPSA) is 18.5 Å². The van der Waals surface area contributed by atoms with Gasteiger partial charge in [-0.3, -0.25) is 4.39 Å². The summed E-state index contributed by atoms with van der Waals surface area (Å²) < 4.78 is 106. The van der Waals surface area contributed by atoms with Crippen molar-refractivity contribution in [1.29, 1.82) is 0 Å². The normalized spacial score (nSPS) is 10.4. The fraction of sp³-hybridized carbons (Fsp3) is 0.333. The molecule has 0 aromatic heterocycles. The molecule has 0 atom stereocenters. The molecule has 2 nitrogen and oxygen atoms in total. The van der Waals surface area contributed by atoms with Crippen molar-refractivity contribution in [2.24, 2.45) is 0 Å². The van der Waals surface area contributed by atoms with Gasteiger partial charge in [0, 0.05) is 7.11 Å². The van der Waals surface area contributed by atoms with Crippen LogP contribution in [0.25, 0.3) is 0 Å². The second kappa shape index (κ2) is 11.5. The van der Waals surface area contributed by atoms with Gasteiger partial charge in [0.05, 0.1) is 7.18 Å². The summed E-state index contributed by atoms with van der Waals surface area (Å²) in [6.07, 6.45) is -3.94. The van der Waals surface area contributed by atoms with E-state index in [0.29, 0.717) is 19.9 Å². The second-order valence-electron chi connectivity index (χ2n) is 5.14. The van der Waals surface area contributed by atoms with Crippen LogP contribution in [0.3, 0.4) is 0 Å². The van der Waals surface area contributed by atoms with Crippen LogP contribution in [0.1, 0.15) is 16.7 Å². The lowest BCUT2D eigenvalue weighted by molar-refractivity contribution is -0.235. The van der Waals surface area contributed by atoms with Crippen LogP contribution in [-0.2, 0) is 10.8 Å². The van der Waals surface area contributed by atoms with Crippen molar-refractivity contribution in [2.75, 3.05) is 21.1 Å². The van der Waals surface area contributed by atoms with E-state index in [4.69, 9.17) is 0 Å². The van der Waals surface area contributed by atoms with E-state index >= 15 is 0 Å². The van der Waals surface area contributed by atoms with Crippen LogP contribution in [0.2, 0.25) is 0 Å². The molecule has 10 heteroatoms. The molecule has 0 amide bonds. The predicted octanol–water partition coefficient (Wildman–Crippen LogP) is 6.13. The highest BCUT2D eigenvalue weighted by atomic mass is 19.3. The minimum absolute atomic E-state index is 0.232. The fourth-order valence-electron chi connectivity index (χ4n) is 1.96. The lowest BCUT2D eigenvalue weighted by atomic mass is 10.1. The molecule has 0 unspecified atom stereocenters. The molecular formula is C18H18F8O2. The van der Waals surface area contributed by atoms with Crippen molar-refractivity contribution in [3.05, 3.63) is 64.2 Å². The number of halogens is 8. The Labute approximate surface area is 156 Å². The summed E-state index contributed by atoms with van der Waals surface area (Å²) in [7, 11) is 1.18. The molecule has 0 aliphatic heterocycles. The third kappa shape index (κ3) is 6.99. The molecule has 0 heterocycles. The van der Waals surface area contributed by atoms with Crippen molar-refractivity contribution in [3.8, 4) is 5.75 Å². The summed E-state index contributed by atoms with van der Waals surface area (Å²) in [4.78, 5) is 0. The smallest absolute Gasteiger partial charge is 0.388 e. The van der Waals surface area contributed by atoms with Crippen molar-refractivity contribution in [3.63, 3.8) is 0 Å². The lowest BCUT2D eigenvalue weighted by Gasteiger charge is -2.15. The minimum Gasteiger partial charge on any atom is -0.457 e. The molecule has 28 heavy (non-hydrogen) atoms. The summed E-state index contributed by atoms with van der Waals surface area (Å²) in [5.41, 5.74) is -0.697. The Kier molecular flexibility index (Phi) is 10.5. The van der Waals surface area contributed by atoms with Gasteiger partial charge in [-0.2, -0.15) is 8.78 Å². The van der Waals surface area contributed by atoms with Crippen LogP contribution in [-0.4, -0.2) is 21.1 Å². The number of ether oxygens (including phenoxy) is 2. The SMILES string of the molecule is CF.COC(F)(F)c1c(F)cc(C)cc1F.Cc1cc(F)c(OCF)c(F)c1. The maximum absolute atomic E-state index is 13.0. The monoisotopic (exact) mass is 418 g/mol. The van der Waals surface area contributed by atoms with Gasteiger partial charge >= 0.3 is 6.11 Å². The van der Waals surface area contributed by atoms with E-state index in [1.165, 1.54) is 13.8 Å². The Morgan fingerprint density at radius 2 is 1.14 bits per heavy atom. The van der Waals surface area contributed by atoms with Crippen LogP contribution < -0.4 is 4.74 Å². The van der Waals surface area contributed by atoms with Gasteiger partial charge < -0.3 is 9.47 Å². The van der Waals surface area contributed by atoms with Gasteiger partial charge in [-0.05, 0) is 49.2 Å². The quantitative estimate of drug-likeness (QED) is 0.556. The number of alkyl halides is 4. The summed E-state index contributed by atoms with van der Waals surface area (Å²) in [6.45, 7) is 1.70. The first kappa shape index (κ1) is 25.6. The van der Waals surface area contributed by atoms with Crippen molar-refractivity contribution in [1.82, 2.24) is 0 Å². The molecule has 0 aliphatic rings. The molecular weight excluding hydrogens is 400 g/mol. The summed E-state index contributed by atoms with van der Waals surface area (Å²) in [6, 6.07) is 3.80. The van der Waals surface area contributed by atoms with Crippen molar-refractivity contribution in [2.45, 2.75) is 20.0 Å². The molecule has 0 fully saturated rings. The number of benzene rings is 2. The third-order valence-corrected chi connectivity index (χ3v) is 3.08. The third-order valence-electron chi connectivity index (χ3n) is 3.08. The Morgan fingerprint density at radius 1 is 0.786 bits per heavy atom. The number of aryl methyl sites for hydroxylation is 2. The molecule has 158 valence electrons. The van der Waals surface area contributed by atoms with Gasteiger partial charge in [0.25, 0.3) is 0 Å². The standard InChI is InChI=1S/C9H8F4O.C8H7F3O.CH3F/c1-5-3-6(10)8(7(11)4-5)9(12,13)14-2;1-5-2-6(10)8(12-4-9)7(11)3-5;1-2/h3-4H,1-2H3;2-3H,4H2,1H3;1H3. The molecule has 0 spiro atoms. The zero-order valence-electron chi connectivity index (χ0n) is 15.4. The van der Waals surface area contributed by atoms with Gasteiger partial charge in [0.15, 0.2) is 17.4 Å². The zero-order valence-corrected chi connectivity index (χ0v) is 15.4. The molecule has 0 saturated heterocycles. The molecule has 2 aromatic rings. The van der Waals surface area contributed by atoms with Crippen LogP contribution in [0.5, 0.6) is 5.75 Å². The van der Waals surface area contributed by atoms with Crippen molar-refractivity contribution < 1.29 is 44.6 Å². The largest absolute Gasteiger partial charge is 0.457 e. The first-order valence-corrected chi connectivity index (χ1v) is 7.44. The number of methoxy groups -OCH3 is 1. The highest BCUT2D eigenvalue weighted by molar-refractivity contribution is 5.30. The maximum Gasteiger partial charge on any atom is 0.388 e. The van der Waals surface area contributed by atoms with E-state index in [1.54, 1.807) is 0 Å². The maximum atomic E-state index is 13.0.